The number of sulfone groups is 1. The smallest absolute Gasteiger partial charge is 0.152 e. The first-order valence-electron chi connectivity index (χ1n) is 5.54. The summed E-state index contributed by atoms with van der Waals surface area (Å²) in [4.78, 5) is 0. The van der Waals surface area contributed by atoms with Crippen LogP contribution in [-0.2, 0) is 9.84 Å². The fourth-order valence-corrected chi connectivity index (χ4v) is 2.59. The Morgan fingerprint density at radius 1 is 1.50 bits per heavy atom. The highest BCUT2D eigenvalue weighted by Crippen LogP contribution is 2.16. The molecule has 0 aliphatic carbocycles. The molecule has 1 atom stereocenters. The quantitative estimate of drug-likeness (QED) is 0.887. The fourth-order valence-electron chi connectivity index (χ4n) is 1.51. The molecule has 0 fully saturated rings. The van der Waals surface area contributed by atoms with E-state index in [-0.39, 0.29) is 22.8 Å². The number of anilines is 1. The number of nitriles is 1. The second kappa shape index (κ2) is 5.83. The zero-order chi connectivity index (χ0) is 13.8. The van der Waals surface area contributed by atoms with Crippen LogP contribution in [0.5, 0.6) is 0 Å². The van der Waals surface area contributed by atoms with Gasteiger partial charge in [-0.15, -0.1) is 0 Å². The van der Waals surface area contributed by atoms with Gasteiger partial charge in [0.15, 0.2) is 9.84 Å². The van der Waals surface area contributed by atoms with Crippen molar-refractivity contribution < 1.29 is 12.8 Å². The fraction of sp³-hybridized carbons (Fsp3) is 0.417. The van der Waals surface area contributed by atoms with Crippen LogP contribution >= 0.6 is 0 Å². The van der Waals surface area contributed by atoms with Crippen LogP contribution in [0.2, 0.25) is 0 Å². The maximum Gasteiger partial charge on any atom is 0.152 e. The monoisotopic (exact) mass is 270 g/mol. The summed E-state index contributed by atoms with van der Waals surface area (Å²) in [6.45, 7) is 3.25. The molecule has 0 heterocycles. The molecule has 0 amide bonds. The van der Waals surface area contributed by atoms with Crippen LogP contribution in [0.3, 0.4) is 0 Å². The van der Waals surface area contributed by atoms with E-state index < -0.39 is 21.7 Å². The average Bonchev–Trinajstić information content (AvgIpc) is 2.31. The van der Waals surface area contributed by atoms with Crippen LogP contribution in [-0.4, -0.2) is 26.0 Å². The van der Waals surface area contributed by atoms with Crippen molar-refractivity contribution in [3.63, 3.8) is 0 Å². The first kappa shape index (κ1) is 14.5. The Kier molecular flexibility index (Phi) is 4.68. The summed E-state index contributed by atoms with van der Waals surface area (Å²) < 4.78 is 36.4. The standard InChI is InChI=1S/C12H15FN2O2S/c1-3-18(16,17)8-9(2)15-12-5-4-10(7-14)6-11(12)13/h4-6,9,15H,3,8H2,1-2H3. The normalized spacial score (nSPS) is 12.8. The summed E-state index contributed by atoms with van der Waals surface area (Å²) in [5.41, 5.74) is 0.430. The van der Waals surface area contributed by atoms with Gasteiger partial charge in [0.2, 0.25) is 0 Å². The minimum absolute atomic E-state index is 0.0526. The molecule has 0 aliphatic heterocycles. The van der Waals surface area contributed by atoms with Crippen LogP contribution in [0.1, 0.15) is 19.4 Å². The van der Waals surface area contributed by atoms with Gasteiger partial charge in [0.1, 0.15) is 5.82 Å². The van der Waals surface area contributed by atoms with Gasteiger partial charge in [0, 0.05) is 11.8 Å². The van der Waals surface area contributed by atoms with Crippen LogP contribution in [0.4, 0.5) is 10.1 Å². The molecule has 1 aromatic rings. The van der Waals surface area contributed by atoms with E-state index in [9.17, 15) is 12.8 Å². The molecule has 0 aliphatic rings. The Balaban J connectivity index is 2.77. The van der Waals surface area contributed by atoms with E-state index in [1.165, 1.54) is 12.1 Å². The van der Waals surface area contributed by atoms with Gasteiger partial charge in [0.25, 0.3) is 0 Å². The number of hydrogen-bond donors (Lipinski definition) is 1. The van der Waals surface area contributed by atoms with Gasteiger partial charge in [-0.2, -0.15) is 5.26 Å². The summed E-state index contributed by atoms with van der Waals surface area (Å²) in [5.74, 6) is -0.549. The van der Waals surface area contributed by atoms with Crippen molar-refractivity contribution in [2.45, 2.75) is 19.9 Å². The number of halogens is 1. The Bertz CT molecular complexity index is 564. The molecule has 1 N–H and O–H groups in total. The molecule has 98 valence electrons. The van der Waals surface area contributed by atoms with E-state index in [0.29, 0.717) is 0 Å². The van der Waals surface area contributed by atoms with Crippen molar-refractivity contribution in [3.8, 4) is 6.07 Å². The third-order valence-electron chi connectivity index (χ3n) is 2.44. The van der Waals surface area contributed by atoms with Gasteiger partial charge in [-0.25, -0.2) is 12.8 Å². The molecular formula is C12H15FN2O2S. The summed E-state index contributed by atoms with van der Waals surface area (Å²) in [5, 5.41) is 11.4. The number of hydrogen-bond acceptors (Lipinski definition) is 4. The highest BCUT2D eigenvalue weighted by atomic mass is 32.2. The van der Waals surface area contributed by atoms with Crippen molar-refractivity contribution >= 4 is 15.5 Å². The largest absolute Gasteiger partial charge is 0.379 e. The highest BCUT2D eigenvalue weighted by molar-refractivity contribution is 7.91. The molecular weight excluding hydrogens is 255 g/mol. The minimum atomic E-state index is -3.10. The van der Waals surface area contributed by atoms with Gasteiger partial charge in [-0.3, -0.25) is 0 Å². The number of nitrogens with one attached hydrogen (secondary N) is 1. The van der Waals surface area contributed by atoms with Crippen LogP contribution < -0.4 is 5.32 Å². The van der Waals surface area contributed by atoms with Crippen molar-refractivity contribution in [1.82, 2.24) is 0 Å². The second-order valence-corrected chi connectivity index (χ2v) is 6.45. The maximum atomic E-state index is 13.5. The van der Waals surface area contributed by atoms with Crippen LogP contribution in [0.25, 0.3) is 0 Å². The second-order valence-electron chi connectivity index (χ2n) is 4.05. The van der Waals surface area contributed by atoms with E-state index in [2.05, 4.69) is 5.32 Å². The number of benzene rings is 1. The number of rotatable bonds is 5. The molecule has 1 unspecified atom stereocenters. The summed E-state index contributed by atoms with van der Waals surface area (Å²) in [7, 11) is -3.10. The molecule has 0 spiro atoms. The lowest BCUT2D eigenvalue weighted by molar-refractivity contribution is 0.592. The molecule has 18 heavy (non-hydrogen) atoms. The van der Waals surface area contributed by atoms with Crippen molar-refractivity contribution in [2.24, 2.45) is 0 Å². The predicted molar refractivity (Wildman–Crippen MR) is 68.5 cm³/mol. The Morgan fingerprint density at radius 3 is 2.67 bits per heavy atom. The molecule has 1 aromatic carbocycles. The lowest BCUT2D eigenvalue weighted by atomic mass is 10.2. The lowest BCUT2D eigenvalue weighted by Gasteiger charge is -2.15. The van der Waals surface area contributed by atoms with E-state index in [1.807, 2.05) is 6.07 Å². The molecule has 0 aromatic heterocycles. The summed E-state index contributed by atoms with van der Waals surface area (Å²) in [6.07, 6.45) is 0. The predicted octanol–water partition coefficient (Wildman–Crippen LogP) is 1.93. The van der Waals surface area contributed by atoms with Gasteiger partial charge in [-0.05, 0) is 25.1 Å². The molecule has 0 bridgehead atoms. The molecule has 4 nitrogen and oxygen atoms in total. The zero-order valence-corrected chi connectivity index (χ0v) is 11.1. The van der Waals surface area contributed by atoms with E-state index in [4.69, 9.17) is 5.26 Å². The van der Waals surface area contributed by atoms with Crippen molar-refractivity contribution in [3.05, 3.63) is 29.6 Å². The summed E-state index contributed by atoms with van der Waals surface area (Å²) in [6, 6.07) is 5.47. The van der Waals surface area contributed by atoms with E-state index in [1.54, 1.807) is 13.8 Å². The highest BCUT2D eigenvalue weighted by Gasteiger charge is 2.14. The average molecular weight is 270 g/mol. The van der Waals surface area contributed by atoms with Gasteiger partial charge < -0.3 is 5.32 Å². The molecule has 6 heteroatoms. The Morgan fingerprint density at radius 2 is 2.17 bits per heavy atom. The third-order valence-corrected chi connectivity index (χ3v) is 4.33. The third kappa shape index (κ3) is 4.00. The molecule has 0 radical (unpaired) electrons. The van der Waals surface area contributed by atoms with Gasteiger partial charge in [-0.1, -0.05) is 6.92 Å². The lowest BCUT2D eigenvalue weighted by Crippen LogP contribution is -2.27. The van der Waals surface area contributed by atoms with Crippen molar-refractivity contribution in [1.29, 1.82) is 5.26 Å². The maximum absolute atomic E-state index is 13.5. The molecule has 1 rings (SSSR count). The van der Waals surface area contributed by atoms with Crippen LogP contribution in [0.15, 0.2) is 18.2 Å². The van der Waals surface area contributed by atoms with E-state index >= 15 is 0 Å². The van der Waals surface area contributed by atoms with Crippen LogP contribution in [0, 0.1) is 17.1 Å². The molecule has 0 saturated heterocycles. The number of nitrogens with zero attached hydrogens (tertiary/aromatic N) is 1. The molecule has 0 saturated carbocycles. The first-order chi connectivity index (χ1) is 8.38. The van der Waals surface area contributed by atoms with Gasteiger partial charge in [0.05, 0.1) is 23.1 Å². The first-order valence-corrected chi connectivity index (χ1v) is 7.36. The topological polar surface area (TPSA) is 70.0 Å². The van der Waals surface area contributed by atoms with Gasteiger partial charge >= 0.3 is 0 Å². The minimum Gasteiger partial charge on any atom is -0.379 e. The Labute approximate surface area is 106 Å². The zero-order valence-electron chi connectivity index (χ0n) is 10.3. The van der Waals surface area contributed by atoms with Crippen molar-refractivity contribution in [2.75, 3.05) is 16.8 Å². The summed E-state index contributed by atoms with van der Waals surface area (Å²) >= 11 is 0. The SMILES string of the molecule is CCS(=O)(=O)CC(C)Nc1ccc(C#N)cc1F. The Hall–Kier alpha value is -1.61. The van der Waals surface area contributed by atoms with E-state index in [0.717, 1.165) is 6.07 Å².